The Morgan fingerprint density at radius 1 is 1.10 bits per heavy atom. The van der Waals surface area contributed by atoms with Crippen LogP contribution in [-0.4, -0.2) is 41.6 Å². The molecule has 158 valence electrons. The Morgan fingerprint density at radius 2 is 1.86 bits per heavy atom. The summed E-state index contributed by atoms with van der Waals surface area (Å²) in [6, 6.07) is 16.9. The van der Waals surface area contributed by atoms with Crippen LogP contribution >= 0.6 is 0 Å². The first-order valence-corrected chi connectivity index (χ1v) is 11.1. The van der Waals surface area contributed by atoms with Gasteiger partial charge in [-0.1, -0.05) is 42.5 Å². The van der Waals surface area contributed by atoms with Gasteiger partial charge in [-0.25, -0.2) is 13.1 Å². The van der Waals surface area contributed by atoms with Crippen molar-refractivity contribution >= 4 is 16.0 Å². The van der Waals surface area contributed by atoms with E-state index in [9.17, 15) is 8.42 Å². The van der Waals surface area contributed by atoms with Crippen molar-refractivity contribution in [2.75, 3.05) is 27.2 Å². The monoisotopic (exact) mass is 418 g/mol. The van der Waals surface area contributed by atoms with E-state index in [1.807, 2.05) is 31.2 Å². The minimum atomic E-state index is -3.45. The van der Waals surface area contributed by atoms with Crippen LogP contribution in [0.5, 0.6) is 0 Å². The van der Waals surface area contributed by atoms with Gasteiger partial charge in [0.1, 0.15) is 0 Å². The molecule has 1 atom stereocenters. The van der Waals surface area contributed by atoms with Crippen molar-refractivity contribution in [3.63, 3.8) is 0 Å². The Hall–Kier alpha value is -2.42. The summed E-state index contributed by atoms with van der Waals surface area (Å²) in [5, 5.41) is 6.43. The van der Waals surface area contributed by atoms with Gasteiger partial charge in [0.25, 0.3) is 0 Å². The van der Waals surface area contributed by atoms with Gasteiger partial charge in [-0.15, -0.1) is 0 Å². The standard InChI is InChI=1S/C21H30N4O3S/c1-17(19-10-5-4-6-11-19)28-14-8-13-24-21(22-2)25-16-18-9-7-12-20(15-18)29(26,27)23-3/h4-7,9-12,15,17,23H,8,13-14,16H2,1-3H3,(H2,22,24,25). The van der Waals surface area contributed by atoms with E-state index in [0.717, 1.165) is 18.5 Å². The zero-order valence-corrected chi connectivity index (χ0v) is 18.0. The summed E-state index contributed by atoms with van der Waals surface area (Å²) < 4.78 is 32.0. The molecule has 0 heterocycles. The van der Waals surface area contributed by atoms with Crippen LogP contribution in [0.2, 0.25) is 0 Å². The minimum absolute atomic E-state index is 0.0646. The van der Waals surface area contributed by atoms with Crippen LogP contribution in [0.25, 0.3) is 0 Å². The average molecular weight is 419 g/mol. The van der Waals surface area contributed by atoms with E-state index in [0.29, 0.717) is 19.1 Å². The Bertz CT molecular complexity index is 886. The van der Waals surface area contributed by atoms with Crippen LogP contribution in [0, 0.1) is 0 Å². The van der Waals surface area contributed by atoms with E-state index in [1.54, 1.807) is 25.2 Å². The maximum Gasteiger partial charge on any atom is 0.240 e. The zero-order valence-electron chi connectivity index (χ0n) is 17.2. The van der Waals surface area contributed by atoms with Crippen molar-refractivity contribution in [1.82, 2.24) is 15.4 Å². The maximum atomic E-state index is 11.9. The van der Waals surface area contributed by atoms with E-state index in [1.165, 1.54) is 12.6 Å². The van der Waals surface area contributed by atoms with E-state index in [-0.39, 0.29) is 11.0 Å². The number of guanidine groups is 1. The first-order chi connectivity index (χ1) is 14.0. The summed E-state index contributed by atoms with van der Waals surface area (Å²) in [7, 11) is -0.351. The second-order valence-corrected chi connectivity index (χ2v) is 8.37. The summed E-state index contributed by atoms with van der Waals surface area (Å²) in [4.78, 5) is 4.44. The highest BCUT2D eigenvalue weighted by molar-refractivity contribution is 7.89. The van der Waals surface area contributed by atoms with Gasteiger partial charge in [-0.05, 0) is 43.7 Å². The molecule has 2 aromatic rings. The lowest BCUT2D eigenvalue weighted by molar-refractivity contribution is 0.0646. The fourth-order valence-corrected chi connectivity index (χ4v) is 3.51. The van der Waals surface area contributed by atoms with Crippen LogP contribution in [0.1, 0.15) is 30.6 Å². The summed E-state index contributed by atoms with van der Waals surface area (Å²) in [6.07, 6.45) is 0.906. The quantitative estimate of drug-likeness (QED) is 0.313. The SMILES string of the molecule is CN=C(NCCCOC(C)c1ccccc1)NCc1cccc(S(=O)(=O)NC)c1. The molecule has 3 N–H and O–H groups in total. The van der Waals surface area contributed by atoms with Crippen molar-refractivity contribution < 1.29 is 13.2 Å². The lowest BCUT2D eigenvalue weighted by Gasteiger charge is -2.15. The number of benzene rings is 2. The fraction of sp³-hybridized carbons (Fsp3) is 0.381. The van der Waals surface area contributed by atoms with Crippen molar-refractivity contribution in [2.24, 2.45) is 4.99 Å². The number of nitrogens with one attached hydrogen (secondary N) is 3. The lowest BCUT2D eigenvalue weighted by atomic mass is 10.1. The van der Waals surface area contributed by atoms with Crippen molar-refractivity contribution in [1.29, 1.82) is 0 Å². The third kappa shape index (κ3) is 7.49. The molecule has 8 heteroatoms. The van der Waals surface area contributed by atoms with Gasteiger partial charge in [0.2, 0.25) is 10.0 Å². The summed E-state index contributed by atoms with van der Waals surface area (Å²) >= 11 is 0. The number of hydrogen-bond donors (Lipinski definition) is 3. The molecule has 0 aliphatic carbocycles. The predicted octanol–water partition coefficient (Wildman–Crippen LogP) is 2.43. The fourth-order valence-electron chi connectivity index (χ4n) is 2.71. The molecule has 0 aliphatic heterocycles. The van der Waals surface area contributed by atoms with Gasteiger partial charge in [-0.3, -0.25) is 4.99 Å². The molecular formula is C21H30N4O3S. The van der Waals surface area contributed by atoms with Crippen molar-refractivity contribution in [2.45, 2.75) is 30.9 Å². The minimum Gasteiger partial charge on any atom is -0.374 e. The summed E-state index contributed by atoms with van der Waals surface area (Å²) in [5.74, 6) is 0.656. The molecule has 2 rings (SSSR count). The Kier molecular flexibility index (Phi) is 9.11. The van der Waals surface area contributed by atoms with E-state index < -0.39 is 10.0 Å². The lowest BCUT2D eigenvalue weighted by Crippen LogP contribution is -2.37. The van der Waals surface area contributed by atoms with Gasteiger partial charge in [-0.2, -0.15) is 0 Å². The number of sulfonamides is 1. The number of hydrogen-bond acceptors (Lipinski definition) is 4. The van der Waals surface area contributed by atoms with Gasteiger partial charge < -0.3 is 15.4 Å². The number of rotatable bonds is 10. The molecule has 29 heavy (non-hydrogen) atoms. The summed E-state index contributed by atoms with van der Waals surface area (Å²) in [6.45, 7) is 3.87. The molecule has 0 fully saturated rings. The Labute approximate surface area is 173 Å². The second-order valence-electron chi connectivity index (χ2n) is 6.48. The topological polar surface area (TPSA) is 91.8 Å². The molecule has 0 radical (unpaired) electrons. The predicted molar refractivity (Wildman–Crippen MR) is 116 cm³/mol. The number of ether oxygens (including phenoxy) is 1. The largest absolute Gasteiger partial charge is 0.374 e. The maximum absolute atomic E-state index is 11.9. The smallest absolute Gasteiger partial charge is 0.240 e. The highest BCUT2D eigenvalue weighted by Crippen LogP contribution is 2.15. The van der Waals surface area contributed by atoms with Crippen molar-refractivity contribution in [3.05, 3.63) is 65.7 Å². The van der Waals surface area contributed by atoms with E-state index >= 15 is 0 Å². The molecule has 0 aliphatic rings. The molecule has 0 bridgehead atoms. The molecule has 0 saturated carbocycles. The van der Waals surface area contributed by atoms with Crippen LogP contribution in [0.15, 0.2) is 64.5 Å². The molecular weight excluding hydrogens is 388 g/mol. The average Bonchev–Trinajstić information content (AvgIpc) is 2.76. The molecule has 0 saturated heterocycles. The molecule has 2 aromatic carbocycles. The van der Waals surface area contributed by atoms with E-state index in [4.69, 9.17) is 4.74 Å². The number of aliphatic imine (C=N–C) groups is 1. The van der Waals surface area contributed by atoms with Crippen LogP contribution in [0.3, 0.4) is 0 Å². The summed E-state index contributed by atoms with van der Waals surface area (Å²) in [5.41, 5.74) is 2.02. The normalized spacial score (nSPS) is 13.1. The number of nitrogens with zero attached hydrogens (tertiary/aromatic N) is 1. The first kappa shape index (κ1) is 22.9. The second kappa shape index (κ2) is 11.5. The van der Waals surface area contributed by atoms with Crippen LogP contribution in [-0.2, 0) is 21.3 Å². The first-order valence-electron chi connectivity index (χ1n) is 9.60. The van der Waals surface area contributed by atoms with Crippen molar-refractivity contribution in [3.8, 4) is 0 Å². The molecule has 0 amide bonds. The third-order valence-electron chi connectivity index (χ3n) is 4.41. The van der Waals surface area contributed by atoms with Crippen LogP contribution < -0.4 is 15.4 Å². The molecule has 0 aromatic heterocycles. The van der Waals surface area contributed by atoms with Crippen LogP contribution in [0.4, 0.5) is 0 Å². The highest BCUT2D eigenvalue weighted by Gasteiger charge is 2.11. The van der Waals surface area contributed by atoms with Gasteiger partial charge in [0, 0.05) is 26.7 Å². The molecule has 7 nitrogen and oxygen atoms in total. The Morgan fingerprint density at radius 3 is 2.55 bits per heavy atom. The molecule has 1 unspecified atom stereocenters. The van der Waals surface area contributed by atoms with Gasteiger partial charge in [0.15, 0.2) is 5.96 Å². The van der Waals surface area contributed by atoms with Gasteiger partial charge in [0.05, 0.1) is 11.0 Å². The Balaban J connectivity index is 1.72. The zero-order chi connectivity index (χ0) is 21.1. The van der Waals surface area contributed by atoms with Gasteiger partial charge >= 0.3 is 0 Å². The third-order valence-corrected chi connectivity index (χ3v) is 5.82. The highest BCUT2D eigenvalue weighted by atomic mass is 32.2. The van der Waals surface area contributed by atoms with E-state index in [2.05, 4.69) is 32.5 Å². The molecule has 0 spiro atoms.